The van der Waals surface area contributed by atoms with Crippen molar-refractivity contribution in [2.45, 2.75) is 56.1 Å². The molecule has 2 aromatic carbocycles. The zero-order chi connectivity index (χ0) is 18.4. The Balaban J connectivity index is 1.76. The standard InChI is InChI=1S/C21H28N2O2S/c1-2-23(17-18-11-5-3-6-12-18)21-16-10-9-15-20(21)22-26(24,25)19-13-7-4-8-14-19/h3-8,11-14,20-22H,2,9-10,15-17H2,1H3/t20-,21-/m1/s1. The van der Waals surface area contributed by atoms with Crippen LogP contribution in [0.2, 0.25) is 0 Å². The molecular formula is C21H28N2O2S. The number of nitrogens with zero attached hydrogens (tertiary/aromatic N) is 1. The third-order valence-electron chi connectivity index (χ3n) is 5.19. The predicted molar refractivity (Wildman–Crippen MR) is 105 cm³/mol. The summed E-state index contributed by atoms with van der Waals surface area (Å²) in [5.74, 6) is 0. The van der Waals surface area contributed by atoms with Crippen molar-refractivity contribution in [2.24, 2.45) is 0 Å². The molecular weight excluding hydrogens is 344 g/mol. The van der Waals surface area contributed by atoms with E-state index in [1.54, 1.807) is 24.3 Å². The van der Waals surface area contributed by atoms with Crippen LogP contribution < -0.4 is 4.72 Å². The Morgan fingerprint density at radius 3 is 2.23 bits per heavy atom. The maximum atomic E-state index is 12.8. The molecule has 2 atom stereocenters. The van der Waals surface area contributed by atoms with Crippen LogP contribution in [0.25, 0.3) is 0 Å². The number of likely N-dealkylation sites (N-methyl/N-ethyl adjacent to an activating group) is 1. The van der Waals surface area contributed by atoms with Gasteiger partial charge in [-0.15, -0.1) is 0 Å². The Bertz CT molecular complexity index is 778. The van der Waals surface area contributed by atoms with Crippen LogP contribution in [0.1, 0.15) is 38.2 Å². The molecule has 1 aliphatic carbocycles. The Morgan fingerprint density at radius 1 is 0.962 bits per heavy atom. The topological polar surface area (TPSA) is 49.4 Å². The van der Waals surface area contributed by atoms with E-state index >= 15 is 0 Å². The highest BCUT2D eigenvalue weighted by Gasteiger charge is 2.32. The number of nitrogens with one attached hydrogen (secondary N) is 1. The van der Waals surface area contributed by atoms with Gasteiger partial charge in [0.1, 0.15) is 0 Å². The molecule has 0 heterocycles. The molecule has 0 amide bonds. The normalized spacial score (nSPS) is 21.0. The van der Waals surface area contributed by atoms with Crippen molar-refractivity contribution in [3.63, 3.8) is 0 Å². The summed E-state index contributed by atoms with van der Waals surface area (Å²) in [7, 11) is -3.48. The summed E-state index contributed by atoms with van der Waals surface area (Å²) in [4.78, 5) is 2.75. The number of benzene rings is 2. The summed E-state index contributed by atoms with van der Waals surface area (Å²) in [6, 6.07) is 19.3. The second kappa shape index (κ2) is 8.80. The van der Waals surface area contributed by atoms with Gasteiger partial charge < -0.3 is 0 Å². The lowest BCUT2D eigenvalue weighted by molar-refractivity contribution is 0.130. The van der Waals surface area contributed by atoms with Crippen molar-refractivity contribution in [1.82, 2.24) is 9.62 Å². The van der Waals surface area contributed by atoms with Crippen molar-refractivity contribution in [1.29, 1.82) is 0 Å². The molecule has 0 radical (unpaired) electrons. The minimum atomic E-state index is -3.48. The van der Waals surface area contributed by atoms with Gasteiger partial charge in [0.05, 0.1) is 4.90 Å². The first kappa shape index (κ1) is 19.1. The van der Waals surface area contributed by atoms with E-state index < -0.39 is 10.0 Å². The Kier molecular flexibility index (Phi) is 6.46. The van der Waals surface area contributed by atoms with E-state index in [0.29, 0.717) is 4.90 Å². The van der Waals surface area contributed by atoms with Crippen LogP contribution >= 0.6 is 0 Å². The number of sulfonamides is 1. The van der Waals surface area contributed by atoms with Gasteiger partial charge in [-0.3, -0.25) is 4.90 Å². The Morgan fingerprint density at radius 2 is 1.58 bits per heavy atom. The zero-order valence-electron chi connectivity index (χ0n) is 15.3. The molecule has 0 bridgehead atoms. The lowest BCUT2D eigenvalue weighted by atomic mass is 9.89. The molecule has 0 aromatic heterocycles. The fraction of sp³-hybridized carbons (Fsp3) is 0.429. The average Bonchev–Trinajstić information content (AvgIpc) is 2.68. The maximum absolute atomic E-state index is 12.8. The SMILES string of the molecule is CCN(Cc1ccccc1)[C@@H]1CCCC[C@H]1NS(=O)(=O)c1ccccc1. The van der Waals surface area contributed by atoms with Crippen molar-refractivity contribution in [2.75, 3.05) is 6.54 Å². The molecule has 2 aromatic rings. The highest BCUT2D eigenvalue weighted by atomic mass is 32.2. The Hall–Kier alpha value is -1.69. The van der Waals surface area contributed by atoms with Gasteiger partial charge in [-0.05, 0) is 37.1 Å². The van der Waals surface area contributed by atoms with Crippen molar-refractivity contribution in [3.8, 4) is 0 Å². The smallest absolute Gasteiger partial charge is 0.240 e. The van der Waals surface area contributed by atoms with Crippen LogP contribution in [-0.2, 0) is 16.6 Å². The van der Waals surface area contributed by atoms with E-state index in [0.717, 1.165) is 38.8 Å². The first-order chi connectivity index (χ1) is 12.6. The molecule has 140 valence electrons. The molecule has 0 spiro atoms. The van der Waals surface area contributed by atoms with Gasteiger partial charge in [-0.1, -0.05) is 68.3 Å². The fourth-order valence-corrected chi connectivity index (χ4v) is 5.16. The van der Waals surface area contributed by atoms with E-state index in [4.69, 9.17) is 0 Å². The van der Waals surface area contributed by atoms with Crippen LogP contribution in [-0.4, -0.2) is 31.9 Å². The van der Waals surface area contributed by atoms with Gasteiger partial charge >= 0.3 is 0 Å². The van der Waals surface area contributed by atoms with Gasteiger partial charge in [0, 0.05) is 18.6 Å². The number of hydrogen-bond donors (Lipinski definition) is 1. The molecule has 1 fully saturated rings. The van der Waals surface area contributed by atoms with Crippen molar-refractivity contribution in [3.05, 3.63) is 66.2 Å². The average molecular weight is 373 g/mol. The maximum Gasteiger partial charge on any atom is 0.240 e. The highest BCUT2D eigenvalue weighted by Crippen LogP contribution is 2.26. The third kappa shape index (κ3) is 4.72. The van der Waals surface area contributed by atoms with Crippen molar-refractivity contribution < 1.29 is 8.42 Å². The zero-order valence-corrected chi connectivity index (χ0v) is 16.2. The number of rotatable bonds is 7. The van der Waals surface area contributed by atoms with Gasteiger partial charge in [-0.25, -0.2) is 13.1 Å². The highest BCUT2D eigenvalue weighted by molar-refractivity contribution is 7.89. The molecule has 5 heteroatoms. The van der Waals surface area contributed by atoms with Crippen LogP contribution in [0.3, 0.4) is 0 Å². The summed E-state index contributed by atoms with van der Waals surface area (Å²) in [6.07, 6.45) is 4.14. The minimum Gasteiger partial charge on any atom is -0.295 e. The van der Waals surface area contributed by atoms with Crippen LogP contribution in [0.5, 0.6) is 0 Å². The van der Waals surface area contributed by atoms with Gasteiger partial charge in [0.25, 0.3) is 0 Å². The second-order valence-corrected chi connectivity index (χ2v) is 8.66. The molecule has 1 N–H and O–H groups in total. The van der Waals surface area contributed by atoms with Crippen LogP contribution in [0, 0.1) is 0 Å². The molecule has 26 heavy (non-hydrogen) atoms. The lowest BCUT2D eigenvalue weighted by Gasteiger charge is -2.39. The van der Waals surface area contributed by atoms with Gasteiger partial charge in [0.2, 0.25) is 10.0 Å². The number of hydrogen-bond acceptors (Lipinski definition) is 3. The van der Waals surface area contributed by atoms with E-state index in [1.807, 2.05) is 12.1 Å². The van der Waals surface area contributed by atoms with E-state index in [-0.39, 0.29) is 12.1 Å². The van der Waals surface area contributed by atoms with Crippen LogP contribution in [0.4, 0.5) is 0 Å². The van der Waals surface area contributed by atoms with E-state index in [9.17, 15) is 8.42 Å². The fourth-order valence-electron chi connectivity index (χ4n) is 3.83. The monoisotopic (exact) mass is 372 g/mol. The second-order valence-electron chi connectivity index (χ2n) is 6.94. The minimum absolute atomic E-state index is 0.0439. The molecule has 1 aliphatic rings. The molecule has 4 nitrogen and oxygen atoms in total. The van der Waals surface area contributed by atoms with E-state index in [1.165, 1.54) is 5.56 Å². The molecule has 3 rings (SSSR count). The summed E-state index contributed by atoms with van der Waals surface area (Å²) in [6.45, 7) is 3.91. The summed E-state index contributed by atoms with van der Waals surface area (Å²) >= 11 is 0. The lowest BCUT2D eigenvalue weighted by Crippen LogP contribution is -2.52. The predicted octanol–water partition coefficient (Wildman–Crippen LogP) is 3.80. The molecule has 0 unspecified atom stereocenters. The third-order valence-corrected chi connectivity index (χ3v) is 6.70. The van der Waals surface area contributed by atoms with Gasteiger partial charge in [-0.2, -0.15) is 0 Å². The molecule has 0 saturated heterocycles. The van der Waals surface area contributed by atoms with Crippen molar-refractivity contribution >= 4 is 10.0 Å². The molecule has 1 saturated carbocycles. The Labute approximate surface area is 157 Å². The van der Waals surface area contributed by atoms with E-state index in [2.05, 4.69) is 40.8 Å². The van der Waals surface area contributed by atoms with Gasteiger partial charge in [0.15, 0.2) is 0 Å². The summed E-state index contributed by atoms with van der Waals surface area (Å²) < 4.78 is 28.6. The largest absolute Gasteiger partial charge is 0.295 e. The quantitative estimate of drug-likeness (QED) is 0.804. The molecule has 0 aliphatic heterocycles. The first-order valence-corrected chi connectivity index (χ1v) is 10.9. The first-order valence-electron chi connectivity index (χ1n) is 9.45. The van der Waals surface area contributed by atoms with Crippen LogP contribution in [0.15, 0.2) is 65.6 Å². The summed E-state index contributed by atoms with van der Waals surface area (Å²) in [5.41, 5.74) is 1.27. The summed E-state index contributed by atoms with van der Waals surface area (Å²) in [5, 5.41) is 0.